The van der Waals surface area contributed by atoms with Gasteiger partial charge in [-0.25, -0.2) is 4.79 Å². The van der Waals surface area contributed by atoms with Crippen molar-refractivity contribution in [3.8, 4) is 5.75 Å². The molecule has 7 heteroatoms. The molecule has 0 saturated heterocycles. The standard InChI is InChI=1S/C21H21NO6/c23-16-8-4-7-15(11-16)18-9-10-19(28-18)20(24)22-17(21(25)26)13-27-12-14-5-2-1-3-6-14/h1-9,11,17,19,23H,10,12-13H2,(H,22,24)(H,25,26)/t17-,19?/m0/s1. The van der Waals surface area contributed by atoms with Gasteiger partial charge in [-0.2, -0.15) is 0 Å². The molecule has 1 aliphatic heterocycles. The Morgan fingerprint density at radius 2 is 1.96 bits per heavy atom. The number of aliphatic carboxylic acids is 1. The number of carbonyl (C=O) groups excluding carboxylic acids is 1. The molecule has 28 heavy (non-hydrogen) atoms. The van der Waals surface area contributed by atoms with Crippen molar-refractivity contribution < 1.29 is 29.3 Å². The first-order valence-electron chi connectivity index (χ1n) is 8.84. The largest absolute Gasteiger partial charge is 0.508 e. The van der Waals surface area contributed by atoms with Crippen molar-refractivity contribution >= 4 is 17.6 Å². The summed E-state index contributed by atoms with van der Waals surface area (Å²) < 4.78 is 11.1. The molecule has 2 aromatic rings. The fourth-order valence-electron chi connectivity index (χ4n) is 2.78. The number of rotatable bonds is 8. The lowest BCUT2D eigenvalue weighted by Crippen LogP contribution is -2.47. The number of phenolic OH excluding ortho intramolecular Hbond substituents is 1. The number of aromatic hydroxyl groups is 1. The van der Waals surface area contributed by atoms with E-state index < -0.39 is 24.0 Å². The minimum Gasteiger partial charge on any atom is -0.508 e. The summed E-state index contributed by atoms with van der Waals surface area (Å²) in [4.78, 5) is 23.8. The Balaban J connectivity index is 1.51. The summed E-state index contributed by atoms with van der Waals surface area (Å²) in [6.45, 7) is 0.0964. The van der Waals surface area contributed by atoms with Crippen molar-refractivity contribution in [3.63, 3.8) is 0 Å². The topological polar surface area (TPSA) is 105 Å². The maximum absolute atomic E-state index is 12.4. The summed E-state index contributed by atoms with van der Waals surface area (Å²) in [5.74, 6) is -1.14. The fourth-order valence-corrected chi connectivity index (χ4v) is 2.78. The molecule has 1 amide bonds. The third kappa shape index (κ3) is 5.11. The van der Waals surface area contributed by atoms with E-state index in [9.17, 15) is 19.8 Å². The molecule has 3 N–H and O–H groups in total. The first-order chi connectivity index (χ1) is 13.5. The summed E-state index contributed by atoms with van der Waals surface area (Å²) in [5, 5.41) is 21.4. The Morgan fingerprint density at radius 3 is 2.68 bits per heavy atom. The van der Waals surface area contributed by atoms with Gasteiger partial charge in [-0.05, 0) is 23.8 Å². The highest BCUT2D eigenvalue weighted by Crippen LogP contribution is 2.28. The molecule has 146 valence electrons. The van der Waals surface area contributed by atoms with Gasteiger partial charge in [0.15, 0.2) is 12.1 Å². The van der Waals surface area contributed by atoms with Crippen LogP contribution in [0.1, 0.15) is 17.5 Å². The molecule has 2 aromatic carbocycles. The average Bonchev–Trinajstić information content (AvgIpc) is 3.18. The number of carboxylic acids is 1. The van der Waals surface area contributed by atoms with Crippen LogP contribution < -0.4 is 5.32 Å². The van der Waals surface area contributed by atoms with Crippen LogP contribution in [0.4, 0.5) is 0 Å². The number of ether oxygens (including phenoxy) is 2. The van der Waals surface area contributed by atoms with E-state index in [-0.39, 0.29) is 19.0 Å². The number of benzene rings is 2. The van der Waals surface area contributed by atoms with Gasteiger partial charge in [0.25, 0.3) is 5.91 Å². The van der Waals surface area contributed by atoms with Crippen LogP contribution >= 0.6 is 0 Å². The quantitative estimate of drug-likeness (QED) is 0.646. The highest BCUT2D eigenvalue weighted by molar-refractivity contribution is 5.88. The lowest BCUT2D eigenvalue weighted by Gasteiger charge is -2.18. The number of hydrogen-bond donors (Lipinski definition) is 3. The average molecular weight is 383 g/mol. The fraction of sp³-hybridized carbons (Fsp3) is 0.238. The lowest BCUT2D eigenvalue weighted by molar-refractivity contribution is -0.145. The van der Waals surface area contributed by atoms with E-state index >= 15 is 0 Å². The zero-order chi connectivity index (χ0) is 19.9. The van der Waals surface area contributed by atoms with Crippen LogP contribution in [0.3, 0.4) is 0 Å². The molecule has 1 heterocycles. The van der Waals surface area contributed by atoms with Gasteiger partial charge in [-0.3, -0.25) is 4.79 Å². The molecule has 7 nitrogen and oxygen atoms in total. The van der Waals surface area contributed by atoms with Crippen molar-refractivity contribution in [2.24, 2.45) is 0 Å². The van der Waals surface area contributed by atoms with E-state index in [1.807, 2.05) is 30.3 Å². The first kappa shape index (κ1) is 19.4. The van der Waals surface area contributed by atoms with Gasteiger partial charge >= 0.3 is 5.97 Å². The van der Waals surface area contributed by atoms with Crippen LogP contribution in [-0.4, -0.2) is 40.8 Å². The number of amides is 1. The summed E-state index contributed by atoms with van der Waals surface area (Å²) >= 11 is 0. The minimum absolute atomic E-state index is 0.0939. The van der Waals surface area contributed by atoms with E-state index in [0.29, 0.717) is 17.7 Å². The van der Waals surface area contributed by atoms with Gasteiger partial charge in [-0.15, -0.1) is 0 Å². The van der Waals surface area contributed by atoms with Crippen LogP contribution in [0.5, 0.6) is 5.75 Å². The number of carbonyl (C=O) groups is 2. The Morgan fingerprint density at radius 1 is 1.18 bits per heavy atom. The molecule has 1 aliphatic rings. The maximum Gasteiger partial charge on any atom is 0.328 e. The zero-order valence-electron chi connectivity index (χ0n) is 15.1. The first-order valence-corrected chi connectivity index (χ1v) is 8.84. The van der Waals surface area contributed by atoms with Gasteiger partial charge in [0.2, 0.25) is 0 Å². The molecule has 2 atom stereocenters. The molecule has 1 unspecified atom stereocenters. The molecule has 0 fully saturated rings. The lowest BCUT2D eigenvalue weighted by atomic mass is 10.1. The summed E-state index contributed by atoms with van der Waals surface area (Å²) in [5.41, 5.74) is 1.56. The van der Waals surface area contributed by atoms with E-state index in [1.54, 1.807) is 18.2 Å². The highest BCUT2D eigenvalue weighted by Gasteiger charge is 2.30. The van der Waals surface area contributed by atoms with Crippen LogP contribution in [0.25, 0.3) is 5.76 Å². The van der Waals surface area contributed by atoms with Gasteiger partial charge in [-0.1, -0.05) is 42.5 Å². The normalized spacial score (nSPS) is 16.7. The Hall–Kier alpha value is -3.32. The van der Waals surface area contributed by atoms with E-state index in [0.717, 1.165) is 5.56 Å². The van der Waals surface area contributed by atoms with Crippen molar-refractivity contribution in [1.82, 2.24) is 5.32 Å². The molecular formula is C21H21NO6. The van der Waals surface area contributed by atoms with E-state index in [1.165, 1.54) is 12.1 Å². The van der Waals surface area contributed by atoms with Crippen LogP contribution in [0.2, 0.25) is 0 Å². The number of phenols is 1. The third-order valence-corrected chi connectivity index (χ3v) is 4.22. The number of nitrogens with one attached hydrogen (secondary N) is 1. The molecule has 0 spiro atoms. The SMILES string of the molecule is O=C(N[C@@H](COCc1ccccc1)C(=O)O)C1CC=C(c2cccc(O)c2)O1. The van der Waals surface area contributed by atoms with E-state index in [4.69, 9.17) is 9.47 Å². The van der Waals surface area contributed by atoms with Gasteiger partial charge in [0.05, 0.1) is 13.2 Å². The van der Waals surface area contributed by atoms with E-state index in [2.05, 4.69) is 5.32 Å². The maximum atomic E-state index is 12.4. The van der Waals surface area contributed by atoms with Crippen LogP contribution in [0, 0.1) is 0 Å². The summed E-state index contributed by atoms with van der Waals surface area (Å²) in [6, 6.07) is 14.7. The van der Waals surface area contributed by atoms with Gasteiger partial charge < -0.3 is 25.0 Å². The van der Waals surface area contributed by atoms with Crippen molar-refractivity contribution in [1.29, 1.82) is 0 Å². The zero-order valence-corrected chi connectivity index (χ0v) is 15.1. The second-order valence-corrected chi connectivity index (χ2v) is 6.36. The number of hydrogen-bond acceptors (Lipinski definition) is 5. The molecule has 0 aliphatic carbocycles. The Labute approximate surface area is 162 Å². The van der Waals surface area contributed by atoms with Gasteiger partial charge in [0, 0.05) is 12.0 Å². The van der Waals surface area contributed by atoms with Crippen LogP contribution in [0.15, 0.2) is 60.7 Å². The summed E-state index contributed by atoms with van der Waals surface area (Å²) in [7, 11) is 0. The van der Waals surface area contributed by atoms with Gasteiger partial charge in [0.1, 0.15) is 11.5 Å². The van der Waals surface area contributed by atoms with Crippen molar-refractivity contribution in [2.45, 2.75) is 25.2 Å². The highest BCUT2D eigenvalue weighted by atomic mass is 16.5. The third-order valence-electron chi connectivity index (χ3n) is 4.22. The molecule has 0 radical (unpaired) electrons. The molecule has 0 aromatic heterocycles. The molecular weight excluding hydrogens is 362 g/mol. The monoisotopic (exact) mass is 383 g/mol. The predicted molar refractivity (Wildman–Crippen MR) is 101 cm³/mol. The number of carboxylic acid groups (broad SMARTS) is 1. The molecule has 0 saturated carbocycles. The second-order valence-electron chi connectivity index (χ2n) is 6.36. The minimum atomic E-state index is -1.18. The smallest absolute Gasteiger partial charge is 0.328 e. The molecule has 3 rings (SSSR count). The summed E-state index contributed by atoms with van der Waals surface area (Å²) in [6.07, 6.45) is 1.22. The Kier molecular flexibility index (Phi) is 6.29. The van der Waals surface area contributed by atoms with Crippen molar-refractivity contribution in [2.75, 3.05) is 6.61 Å². The second kappa shape index (κ2) is 9.05. The Bertz CT molecular complexity index is 864. The van der Waals surface area contributed by atoms with Crippen LogP contribution in [-0.2, 0) is 25.7 Å². The molecule has 0 bridgehead atoms. The van der Waals surface area contributed by atoms with Crippen molar-refractivity contribution in [3.05, 3.63) is 71.8 Å². The predicted octanol–water partition coefficient (Wildman–Crippen LogP) is 2.31.